The molecule has 5 heteroatoms. The summed E-state index contributed by atoms with van der Waals surface area (Å²) in [5.41, 5.74) is 1.92. The van der Waals surface area contributed by atoms with Crippen molar-refractivity contribution < 1.29 is 4.74 Å². The van der Waals surface area contributed by atoms with Crippen molar-refractivity contribution >= 4 is 14.8 Å². The highest BCUT2D eigenvalue weighted by Gasteiger charge is 2.19. The van der Waals surface area contributed by atoms with Gasteiger partial charge in [-0.25, -0.2) is 4.98 Å². The number of nitrogens with zero attached hydrogens (tertiary/aromatic N) is 3. The van der Waals surface area contributed by atoms with Crippen LogP contribution in [0.3, 0.4) is 0 Å². The molecular formula is C33H53N3OSi. The number of unbranched alkanes of at least 4 members (excludes halogenated alkanes) is 7. The van der Waals surface area contributed by atoms with Crippen molar-refractivity contribution in [3.8, 4) is 17.1 Å². The quantitative estimate of drug-likeness (QED) is 0.112. The highest BCUT2D eigenvalue weighted by atomic mass is 28.2. The summed E-state index contributed by atoms with van der Waals surface area (Å²) < 4.78 is 5.86. The van der Waals surface area contributed by atoms with Gasteiger partial charge in [0.1, 0.15) is 9.52 Å². The van der Waals surface area contributed by atoms with Crippen LogP contribution in [0.5, 0.6) is 5.88 Å². The predicted octanol–water partition coefficient (Wildman–Crippen LogP) is 8.83. The van der Waals surface area contributed by atoms with Crippen LogP contribution < -0.4 is 10.1 Å². The number of aromatic nitrogens is 3. The standard InChI is InChI=1S/C33H53N3OSi/c1-4-5-9-14-27(2)15-10-8-11-16-28(3)26-38-33-25-34-24-31(36-33)30-20-21-32(35-23-30)37-22-13-7-6-12-17-29-18-19-29/h20-21,23-25,27-29H,4-19,22,26H2,1-3H3. The molecule has 0 spiro atoms. The summed E-state index contributed by atoms with van der Waals surface area (Å²) in [6, 6.07) is 5.23. The van der Waals surface area contributed by atoms with Gasteiger partial charge in [-0.2, -0.15) is 0 Å². The highest BCUT2D eigenvalue weighted by Crippen LogP contribution is 2.34. The summed E-state index contributed by atoms with van der Waals surface area (Å²) >= 11 is 0. The van der Waals surface area contributed by atoms with Crippen LogP contribution in [0, 0.1) is 17.8 Å². The van der Waals surface area contributed by atoms with Crippen molar-refractivity contribution in [3.63, 3.8) is 0 Å². The van der Waals surface area contributed by atoms with E-state index in [1.165, 1.54) is 102 Å². The van der Waals surface area contributed by atoms with E-state index in [1.54, 1.807) is 0 Å². The molecule has 1 fully saturated rings. The first-order valence-corrected chi connectivity index (χ1v) is 17.0. The first-order valence-electron chi connectivity index (χ1n) is 15.8. The molecule has 4 nitrogen and oxygen atoms in total. The Balaban J connectivity index is 1.28. The van der Waals surface area contributed by atoms with Crippen LogP contribution in [0.4, 0.5) is 0 Å². The van der Waals surface area contributed by atoms with Gasteiger partial charge >= 0.3 is 0 Å². The smallest absolute Gasteiger partial charge is 0.213 e. The number of ether oxygens (including phenoxy) is 1. The van der Waals surface area contributed by atoms with Crippen LogP contribution in [0.2, 0.25) is 6.04 Å². The molecule has 2 aromatic rings. The van der Waals surface area contributed by atoms with Crippen LogP contribution in [0.1, 0.15) is 124 Å². The van der Waals surface area contributed by atoms with Crippen molar-refractivity contribution in [1.29, 1.82) is 0 Å². The minimum atomic E-state index is 0.706. The molecule has 3 rings (SSSR count). The Morgan fingerprint density at radius 1 is 0.842 bits per heavy atom. The molecule has 1 aliphatic carbocycles. The van der Waals surface area contributed by atoms with Crippen LogP contribution >= 0.6 is 0 Å². The van der Waals surface area contributed by atoms with E-state index < -0.39 is 0 Å². The average Bonchev–Trinajstić information content (AvgIpc) is 3.76. The fraction of sp³-hybridized carbons (Fsp3) is 0.727. The monoisotopic (exact) mass is 535 g/mol. The van der Waals surface area contributed by atoms with Gasteiger partial charge in [0.2, 0.25) is 5.88 Å². The molecule has 0 amide bonds. The molecule has 2 unspecified atom stereocenters. The van der Waals surface area contributed by atoms with E-state index >= 15 is 0 Å². The molecule has 0 bridgehead atoms. The molecule has 0 saturated heterocycles. The van der Waals surface area contributed by atoms with Gasteiger partial charge in [-0.15, -0.1) is 0 Å². The summed E-state index contributed by atoms with van der Waals surface area (Å²) in [6.07, 6.45) is 27.6. The lowest BCUT2D eigenvalue weighted by atomic mass is 9.96. The molecule has 1 saturated carbocycles. The van der Waals surface area contributed by atoms with Gasteiger partial charge in [-0.1, -0.05) is 123 Å². The minimum Gasteiger partial charge on any atom is -0.478 e. The minimum absolute atomic E-state index is 0.706. The second-order valence-corrected chi connectivity index (χ2v) is 13.2. The van der Waals surface area contributed by atoms with Gasteiger partial charge in [0.05, 0.1) is 18.5 Å². The van der Waals surface area contributed by atoms with Gasteiger partial charge in [0.25, 0.3) is 0 Å². The fourth-order valence-corrected chi connectivity index (χ4v) is 6.24. The topological polar surface area (TPSA) is 47.9 Å². The summed E-state index contributed by atoms with van der Waals surface area (Å²) in [4.78, 5) is 13.9. The molecule has 210 valence electrons. The van der Waals surface area contributed by atoms with Gasteiger partial charge < -0.3 is 4.74 Å². The van der Waals surface area contributed by atoms with Crippen LogP contribution in [-0.2, 0) is 0 Å². The van der Waals surface area contributed by atoms with E-state index in [2.05, 4.69) is 36.8 Å². The summed E-state index contributed by atoms with van der Waals surface area (Å²) in [5.74, 6) is 3.41. The Bertz CT molecular complexity index is 871. The molecule has 2 atom stereocenters. The maximum absolute atomic E-state index is 5.86. The number of hydrogen-bond donors (Lipinski definition) is 0. The average molecular weight is 536 g/mol. The van der Waals surface area contributed by atoms with Crippen molar-refractivity contribution in [2.45, 2.75) is 130 Å². The first kappa shape index (κ1) is 30.8. The molecule has 2 heterocycles. The number of hydrogen-bond acceptors (Lipinski definition) is 4. The van der Waals surface area contributed by atoms with Gasteiger partial charge in [0, 0.05) is 29.3 Å². The molecule has 0 N–H and O–H groups in total. The first-order chi connectivity index (χ1) is 18.6. The lowest BCUT2D eigenvalue weighted by Crippen LogP contribution is -2.21. The zero-order valence-corrected chi connectivity index (χ0v) is 25.6. The van der Waals surface area contributed by atoms with Gasteiger partial charge in [-0.3, -0.25) is 9.97 Å². The van der Waals surface area contributed by atoms with E-state index in [0.717, 1.165) is 47.4 Å². The van der Waals surface area contributed by atoms with Gasteiger partial charge in [-0.05, 0) is 30.2 Å². The third kappa shape index (κ3) is 13.4. The Kier molecular flexibility index (Phi) is 15.0. The maximum atomic E-state index is 5.86. The fourth-order valence-electron chi connectivity index (χ4n) is 5.11. The Hall–Kier alpha value is -1.75. The molecule has 1 aliphatic rings. The van der Waals surface area contributed by atoms with Crippen molar-refractivity contribution in [3.05, 3.63) is 30.7 Å². The van der Waals surface area contributed by atoms with Crippen molar-refractivity contribution in [1.82, 2.24) is 15.0 Å². The molecule has 0 aliphatic heterocycles. The SMILES string of the molecule is CCCCCC(C)CCCCCC(C)C[Si]c1cncc(-c2ccc(OCCCCCCC3CC3)nc2)n1. The largest absolute Gasteiger partial charge is 0.478 e. The molecule has 38 heavy (non-hydrogen) atoms. The van der Waals surface area contributed by atoms with Crippen LogP contribution in [0.15, 0.2) is 30.7 Å². The lowest BCUT2D eigenvalue weighted by molar-refractivity contribution is 0.293. The Morgan fingerprint density at radius 3 is 2.32 bits per heavy atom. The molecule has 0 aromatic carbocycles. The van der Waals surface area contributed by atoms with Crippen LogP contribution in [0.25, 0.3) is 11.3 Å². The molecule has 2 aromatic heterocycles. The van der Waals surface area contributed by atoms with Gasteiger partial charge in [0.15, 0.2) is 0 Å². The molecule has 2 radical (unpaired) electrons. The second-order valence-electron chi connectivity index (χ2n) is 11.9. The highest BCUT2D eigenvalue weighted by molar-refractivity contribution is 6.52. The summed E-state index contributed by atoms with van der Waals surface area (Å²) in [5, 5.41) is 1.11. The van der Waals surface area contributed by atoms with Crippen LogP contribution in [-0.4, -0.2) is 31.1 Å². The number of rotatable bonds is 22. The predicted molar refractivity (Wildman–Crippen MR) is 162 cm³/mol. The molecular weight excluding hydrogens is 482 g/mol. The van der Waals surface area contributed by atoms with E-state index in [0.29, 0.717) is 15.4 Å². The maximum Gasteiger partial charge on any atom is 0.213 e. The van der Waals surface area contributed by atoms with Crippen molar-refractivity contribution in [2.24, 2.45) is 17.8 Å². The third-order valence-corrected chi connectivity index (χ3v) is 9.45. The summed E-state index contributed by atoms with van der Waals surface area (Å²) in [6.45, 7) is 7.88. The normalized spacial score (nSPS) is 14.9. The Labute approximate surface area is 236 Å². The summed E-state index contributed by atoms with van der Waals surface area (Å²) in [7, 11) is 0.714. The Morgan fingerprint density at radius 2 is 1.58 bits per heavy atom. The third-order valence-electron chi connectivity index (χ3n) is 7.95. The van der Waals surface area contributed by atoms with E-state index in [1.807, 2.05) is 24.7 Å². The zero-order valence-electron chi connectivity index (χ0n) is 24.6. The van der Waals surface area contributed by atoms with Crippen molar-refractivity contribution in [2.75, 3.05) is 6.61 Å². The van der Waals surface area contributed by atoms with E-state index in [-0.39, 0.29) is 0 Å². The van der Waals surface area contributed by atoms with E-state index in [9.17, 15) is 0 Å². The second kappa shape index (κ2) is 18.5. The number of pyridine rings is 1. The lowest BCUT2D eigenvalue weighted by Gasteiger charge is -2.12. The zero-order chi connectivity index (χ0) is 26.8. The van der Waals surface area contributed by atoms with E-state index in [4.69, 9.17) is 9.72 Å².